The predicted octanol–water partition coefficient (Wildman–Crippen LogP) is 2.53. The topological polar surface area (TPSA) is 41.6 Å². The van der Waals surface area contributed by atoms with Crippen molar-refractivity contribution in [2.75, 3.05) is 32.6 Å². The normalized spacial score (nSPS) is 10.6. The molecule has 0 spiro atoms. The van der Waals surface area contributed by atoms with Gasteiger partial charge in [-0.1, -0.05) is 0 Å². The van der Waals surface area contributed by atoms with Crippen LogP contribution in [0.5, 0.6) is 0 Å². The molecule has 0 saturated carbocycles. The van der Waals surface area contributed by atoms with Crippen LogP contribution in [0.1, 0.15) is 29.8 Å². The summed E-state index contributed by atoms with van der Waals surface area (Å²) in [6, 6.07) is 5.69. The van der Waals surface area contributed by atoms with Gasteiger partial charge in [-0.3, -0.25) is 4.79 Å². The molecule has 0 unspecified atom stereocenters. The van der Waals surface area contributed by atoms with Gasteiger partial charge in [0, 0.05) is 31.9 Å². The van der Waals surface area contributed by atoms with Crippen LogP contribution in [0.3, 0.4) is 0 Å². The molecule has 4 heteroatoms. The van der Waals surface area contributed by atoms with Crippen LogP contribution in [0.2, 0.25) is 0 Å². The van der Waals surface area contributed by atoms with Crippen molar-refractivity contribution in [3.8, 4) is 0 Å². The van der Waals surface area contributed by atoms with Gasteiger partial charge in [0.25, 0.3) is 5.91 Å². The summed E-state index contributed by atoms with van der Waals surface area (Å²) < 4.78 is 5.45. The third-order valence-corrected chi connectivity index (χ3v) is 2.97. The standard InChI is InChI=1S/C15H24N2O2/c1-11(2)19-9-8-17(5)15(18)13-6-7-14(16-4)12(3)10-13/h6-7,10-11,16H,8-9H2,1-5H3. The van der Waals surface area contributed by atoms with E-state index in [1.165, 1.54) is 0 Å². The number of ether oxygens (including phenoxy) is 1. The highest BCUT2D eigenvalue weighted by atomic mass is 16.5. The van der Waals surface area contributed by atoms with E-state index in [4.69, 9.17) is 4.74 Å². The van der Waals surface area contributed by atoms with Crippen LogP contribution in [-0.4, -0.2) is 44.2 Å². The summed E-state index contributed by atoms with van der Waals surface area (Å²) in [4.78, 5) is 13.9. The quantitative estimate of drug-likeness (QED) is 0.858. The van der Waals surface area contributed by atoms with Crippen molar-refractivity contribution in [1.82, 2.24) is 4.90 Å². The molecule has 1 aromatic carbocycles. The van der Waals surface area contributed by atoms with Crippen molar-refractivity contribution in [3.63, 3.8) is 0 Å². The maximum Gasteiger partial charge on any atom is 0.253 e. The molecule has 1 amide bonds. The number of carbonyl (C=O) groups is 1. The van der Waals surface area contributed by atoms with Crippen LogP contribution in [0.15, 0.2) is 18.2 Å². The van der Waals surface area contributed by atoms with Gasteiger partial charge >= 0.3 is 0 Å². The van der Waals surface area contributed by atoms with Crippen molar-refractivity contribution in [1.29, 1.82) is 0 Å². The number of carbonyl (C=O) groups excluding carboxylic acids is 1. The Morgan fingerprint density at radius 3 is 2.63 bits per heavy atom. The van der Waals surface area contributed by atoms with Crippen LogP contribution in [0.4, 0.5) is 5.69 Å². The lowest BCUT2D eigenvalue weighted by molar-refractivity contribution is 0.0532. The molecule has 0 saturated heterocycles. The van der Waals surface area contributed by atoms with Gasteiger partial charge in [0.05, 0.1) is 12.7 Å². The van der Waals surface area contributed by atoms with Gasteiger partial charge in [0.2, 0.25) is 0 Å². The maximum atomic E-state index is 12.2. The largest absolute Gasteiger partial charge is 0.388 e. The second kappa shape index (κ2) is 7.14. The zero-order valence-corrected chi connectivity index (χ0v) is 12.5. The molecular weight excluding hydrogens is 240 g/mol. The average molecular weight is 264 g/mol. The van der Waals surface area contributed by atoms with Crippen molar-refractivity contribution in [2.24, 2.45) is 0 Å². The first-order chi connectivity index (χ1) is 8.95. The first kappa shape index (κ1) is 15.5. The van der Waals surface area contributed by atoms with Gasteiger partial charge in [0.1, 0.15) is 0 Å². The molecule has 0 heterocycles. The van der Waals surface area contributed by atoms with E-state index in [0.717, 1.165) is 11.3 Å². The Labute approximate surface area is 115 Å². The summed E-state index contributed by atoms with van der Waals surface area (Å²) in [5.74, 6) is 0.0260. The Hall–Kier alpha value is -1.55. The van der Waals surface area contributed by atoms with E-state index in [1.807, 2.05) is 46.0 Å². The molecule has 0 fully saturated rings. The summed E-state index contributed by atoms with van der Waals surface area (Å²) >= 11 is 0. The van der Waals surface area contributed by atoms with E-state index >= 15 is 0 Å². The second-order valence-electron chi connectivity index (χ2n) is 4.93. The molecule has 106 valence electrons. The number of nitrogens with zero attached hydrogens (tertiary/aromatic N) is 1. The molecule has 4 nitrogen and oxygen atoms in total. The second-order valence-corrected chi connectivity index (χ2v) is 4.93. The molecule has 0 aromatic heterocycles. The number of nitrogens with one attached hydrogen (secondary N) is 1. The molecule has 0 radical (unpaired) electrons. The number of hydrogen-bond donors (Lipinski definition) is 1. The number of anilines is 1. The minimum atomic E-state index is 0.0260. The molecule has 1 N–H and O–H groups in total. The van der Waals surface area contributed by atoms with Crippen molar-refractivity contribution >= 4 is 11.6 Å². The molecular formula is C15H24N2O2. The fraction of sp³-hybridized carbons (Fsp3) is 0.533. The number of hydrogen-bond acceptors (Lipinski definition) is 3. The summed E-state index contributed by atoms with van der Waals surface area (Å²) in [5.41, 5.74) is 2.83. The number of rotatable bonds is 6. The van der Waals surface area contributed by atoms with Crippen LogP contribution in [0, 0.1) is 6.92 Å². The van der Waals surface area contributed by atoms with E-state index < -0.39 is 0 Å². The van der Waals surface area contributed by atoms with Crippen LogP contribution in [-0.2, 0) is 4.74 Å². The molecule has 1 aromatic rings. The van der Waals surface area contributed by atoms with Gasteiger partial charge in [-0.2, -0.15) is 0 Å². The lowest BCUT2D eigenvalue weighted by Crippen LogP contribution is -2.30. The maximum absolute atomic E-state index is 12.2. The highest BCUT2D eigenvalue weighted by Gasteiger charge is 2.12. The van der Waals surface area contributed by atoms with Crippen molar-refractivity contribution in [2.45, 2.75) is 26.9 Å². The summed E-state index contributed by atoms with van der Waals surface area (Å²) in [5, 5.41) is 3.09. The fourth-order valence-electron chi connectivity index (χ4n) is 1.82. The van der Waals surface area contributed by atoms with E-state index in [0.29, 0.717) is 18.7 Å². The number of likely N-dealkylation sites (N-methyl/N-ethyl adjacent to an activating group) is 1. The zero-order chi connectivity index (χ0) is 14.4. The SMILES string of the molecule is CNc1ccc(C(=O)N(C)CCOC(C)C)cc1C. The smallest absolute Gasteiger partial charge is 0.253 e. The number of benzene rings is 1. The lowest BCUT2D eigenvalue weighted by Gasteiger charge is -2.18. The van der Waals surface area contributed by atoms with Crippen LogP contribution < -0.4 is 5.32 Å². The Morgan fingerprint density at radius 2 is 2.11 bits per heavy atom. The number of amides is 1. The Kier molecular flexibility index (Phi) is 5.83. The summed E-state index contributed by atoms with van der Waals surface area (Å²) in [7, 11) is 3.67. The Morgan fingerprint density at radius 1 is 1.42 bits per heavy atom. The van der Waals surface area contributed by atoms with Crippen LogP contribution in [0.25, 0.3) is 0 Å². The Balaban J connectivity index is 2.64. The average Bonchev–Trinajstić information content (AvgIpc) is 2.37. The highest BCUT2D eigenvalue weighted by Crippen LogP contribution is 2.16. The first-order valence-electron chi connectivity index (χ1n) is 6.61. The van der Waals surface area contributed by atoms with Gasteiger partial charge in [-0.15, -0.1) is 0 Å². The van der Waals surface area contributed by atoms with Gasteiger partial charge < -0.3 is 15.0 Å². The van der Waals surface area contributed by atoms with Gasteiger partial charge in [-0.25, -0.2) is 0 Å². The Bertz CT molecular complexity index is 430. The van der Waals surface area contributed by atoms with Gasteiger partial charge in [0.15, 0.2) is 0 Å². The third-order valence-electron chi connectivity index (χ3n) is 2.97. The highest BCUT2D eigenvalue weighted by molar-refractivity contribution is 5.94. The first-order valence-corrected chi connectivity index (χ1v) is 6.61. The zero-order valence-electron chi connectivity index (χ0n) is 12.5. The predicted molar refractivity (Wildman–Crippen MR) is 78.8 cm³/mol. The van der Waals surface area contributed by atoms with Crippen LogP contribution >= 0.6 is 0 Å². The van der Waals surface area contributed by atoms with E-state index in [1.54, 1.807) is 11.9 Å². The fourth-order valence-corrected chi connectivity index (χ4v) is 1.82. The van der Waals surface area contributed by atoms with E-state index in [-0.39, 0.29) is 12.0 Å². The summed E-state index contributed by atoms with van der Waals surface area (Å²) in [6.45, 7) is 7.13. The minimum Gasteiger partial charge on any atom is -0.388 e. The molecule has 0 aliphatic carbocycles. The molecule has 0 atom stereocenters. The number of aryl methyl sites for hydroxylation is 1. The van der Waals surface area contributed by atoms with E-state index in [2.05, 4.69) is 5.32 Å². The lowest BCUT2D eigenvalue weighted by atomic mass is 10.1. The van der Waals surface area contributed by atoms with Crippen molar-refractivity contribution < 1.29 is 9.53 Å². The molecule has 0 aliphatic heterocycles. The van der Waals surface area contributed by atoms with Gasteiger partial charge in [-0.05, 0) is 44.5 Å². The minimum absolute atomic E-state index is 0.0260. The molecule has 0 aliphatic rings. The molecule has 0 bridgehead atoms. The third kappa shape index (κ3) is 4.56. The molecule has 1 rings (SSSR count). The summed E-state index contributed by atoms with van der Waals surface area (Å²) in [6.07, 6.45) is 0.195. The monoisotopic (exact) mass is 264 g/mol. The van der Waals surface area contributed by atoms with E-state index in [9.17, 15) is 4.79 Å². The molecule has 19 heavy (non-hydrogen) atoms. The van der Waals surface area contributed by atoms with Crippen molar-refractivity contribution in [3.05, 3.63) is 29.3 Å².